The Hall–Kier alpha value is -2.34. The van der Waals surface area contributed by atoms with Crippen molar-refractivity contribution in [3.05, 3.63) is 53.3 Å². The van der Waals surface area contributed by atoms with Crippen LogP contribution in [0.15, 0.2) is 36.4 Å². The first-order valence-electron chi connectivity index (χ1n) is 5.40. The van der Waals surface area contributed by atoms with E-state index >= 15 is 0 Å². The molecule has 1 heterocycles. The lowest BCUT2D eigenvalue weighted by Crippen LogP contribution is -1.96. The van der Waals surface area contributed by atoms with E-state index in [9.17, 15) is 0 Å². The van der Waals surface area contributed by atoms with E-state index in [4.69, 9.17) is 5.26 Å². The number of nitrogens with one attached hydrogen (secondary N) is 1. The maximum absolute atomic E-state index is 8.71. The van der Waals surface area contributed by atoms with Crippen LogP contribution in [0.2, 0.25) is 0 Å². The molecule has 1 N–H and O–H groups in total. The lowest BCUT2D eigenvalue weighted by atomic mass is 10.2. The standard InChI is InChI=1S/C14H13N3/c1-10-3-8-14(11(2)16-10)17-13-6-4-12(9-15)5-7-13/h3-8,17H,1-2H3. The van der Waals surface area contributed by atoms with Gasteiger partial charge in [-0.25, -0.2) is 0 Å². The number of nitriles is 1. The molecule has 3 nitrogen and oxygen atoms in total. The Balaban J connectivity index is 2.23. The molecule has 0 aliphatic carbocycles. The van der Waals surface area contributed by atoms with E-state index < -0.39 is 0 Å². The number of hydrogen-bond acceptors (Lipinski definition) is 3. The minimum atomic E-state index is 0.661. The van der Waals surface area contributed by atoms with Crippen molar-refractivity contribution in [2.75, 3.05) is 5.32 Å². The second-order valence-corrected chi connectivity index (χ2v) is 3.90. The van der Waals surface area contributed by atoms with Crippen LogP contribution in [0, 0.1) is 25.2 Å². The minimum Gasteiger partial charge on any atom is -0.354 e. The molecular weight excluding hydrogens is 210 g/mol. The molecule has 0 aliphatic heterocycles. The highest BCUT2D eigenvalue weighted by molar-refractivity contribution is 5.62. The molecule has 0 radical (unpaired) electrons. The van der Waals surface area contributed by atoms with E-state index in [0.29, 0.717) is 5.56 Å². The van der Waals surface area contributed by atoms with Crippen LogP contribution in [-0.2, 0) is 0 Å². The molecule has 0 unspecified atom stereocenters. The van der Waals surface area contributed by atoms with Gasteiger partial charge in [-0.3, -0.25) is 4.98 Å². The number of hydrogen-bond donors (Lipinski definition) is 1. The highest BCUT2D eigenvalue weighted by Crippen LogP contribution is 2.19. The molecule has 17 heavy (non-hydrogen) atoms. The maximum Gasteiger partial charge on any atom is 0.0991 e. The van der Waals surface area contributed by atoms with Gasteiger partial charge in [-0.15, -0.1) is 0 Å². The molecule has 84 valence electrons. The van der Waals surface area contributed by atoms with E-state index in [1.165, 1.54) is 0 Å². The molecule has 0 saturated heterocycles. The van der Waals surface area contributed by atoms with Gasteiger partial charge in [0.15, 0.2) is 0 Å². The largest absolute Gasteiger partial charge is 0.354 e. The second-order valence-electron chi connectivity index (χ2n) is 3.90. The van der Waals surface area contributed by atoms with E-state index in [-0.39, 0.29) is 0 Å². The lowest BCUT2D eigenvalue weighted by Gasteiger charge is -2.09. The number of nitrogens with zero attached hydrogens (tertiary/aromatic N) is 2. The molecule has 0 aliphatic rings. The van der Waals surface area contributed by atoms with Crippen LogP contribution in [0.4, 0.5) is 11.4 Å². The van der Waals surface area contributed by atoms with E-state index in [1.807, 2.05) is 38.1 Å². The predicted molar refractivity (Wildman–Crippen MR) is 68.2 cm³/mol. The van der Waals surface area contributed by atoms with Crippen LogP contribution >= 0.6 is 0 Å². The third kappa shape index (κ3) is 2.61. The predicted octanol–water partition coefficient (Wildman–Crippen LogP) is 3.31. The molecule has 0 atom stereocenters. The molecule has 3 heteroatoms. The van der Waals surface area contributed by atoms with Gasteiger partial charge in [-0.2, -0.15) is 5.26 Å². The highest BCUT2D eigenvalue weighted by atomic mass is 14.9. The van der Waals surface area contributed by atoms with Crippen molar-refractivity contribution in [1.29, 1.82) is 5.26 Å². The van der Waals surface area contributed by atoms with Crippen LogP contribution < -0.4 is 5.32 Å². The summed E-state index contributed by atoms with van der Waals surface area (Å²) in [7, 11) is 0. The third-order valence-corrected chi connectivity index (χ3v) is 2.52. The number of aryl methyl sites for hydroxylation is 2. The molecule has 0 bridgehead atoms. The highest BCUT2D eigenvalue weighted by Gasteiger charge is 2.00. The van der Waals surface area contributed by atoms with Gasteiger partial charge in [0.05, 0.1) is 23.0 Å². The van der Waals surface area contributed by atoms with Gasteiger partial charge in [0.2, 0.25) is 0 Å². The van der Waals surface area contributed by atoms with Crippen LogP contribution in [0.25, 0.3) is 0 Å². The van der Waals surface area contributed by atoms with E-state index in [2.05, 4.69) is 16.4 Å². The molecule has 2 aromatic rings. The molecule has 2 rings (SSSR count). The van der Waals surface area contributed by atoms with Crippen molar-refractivity contribution in [1.82, 2.24) is 4.98 Å². The molecule has 0 fully saturated rings. The topological polar surface area (TPSA) is 48.7 Å². The first kappa shape index (κ1) is 11.2. The molecule has 1 aromatic heterocycles. The fourth-order valence-electron chi connectivity index (χ4n) is 1.60. The lowest BCUT2D eigenvalue weighted by molar-refractivity contribution is 1.12. The van der Waals surface area contributed by atoms with Crippen LogP contribution in [0.5, 0.6) is 0 Å². The fraction of sp³-hybridized carbons (Fsp3) is 0.143. The van der Waals surface area contributed by atoms with Crippen molar-refractivity contribution < 1.29 is 0 Å². The van der Waals surface area contributed by atoms with Gasteiger partial charge in [0, 0.05) is 11.4 Å². The number of benzene rings is 1. The third-order valence-electron chi connectivity index (χ3n) is 2.52. The summed E-state index contributed by atoms with van der Waals surface area (Å²) in [5, 5.41) is 12.0. The quantitative estimate of drug-likeness (QED) is 0.849. The minimum absolute atomic E-state index is 0.661. The summed E-state index contributed by atoms with van der Waals surface area (Å²) in [5.41, 5.74) is 4.58. The van der Waals surface area contributed by atoms with Gasteiger partial charge in [0.25, 0.3) is 0 Å². The summed E-state index contributed by atoms with van der Waals surface area (Å²) in [6, 6.07) is 13.4. The molecule has 0 amide bonds. The zero-order valence-electron chi connectivity index (χ0n) is 9.86. The van der Waals surface area contributed by atoms with Crippen molar-refractivity contribution in [3.8, 4) is 6.07 Å². The average molecular weight is 223 g/mol. The molecular formula is C14H13N3. The number of aromatic nitrogens is 1. The normalized spacial score (nSPS) is 9.71. The van der Waals surface area contributed by atoms with Gasteiger partial charge < -0.3 is 5.32 Å². The van der Waals surface area contributed by atoms with E-state index in [0.717, 1.165) is 22.8 Å². The first-order valence-corrected chi connectivity index (χ1v) is 5.40. The summed E-state index contributed by atoms with van der Waals surface area (Å²) in [5.74, 6) is 0. The Labute approximate surface area is 101 Å². The molecule has 0 saturated carbocycles. The van der Waals surface area contributed by atoms with Crippen molar-refractivity contribution in [2.24, 2.45) is 0 Å². The van der Waals surface area contributed by atoms with Crippen LogP contribution in [0.3, 0.4) is 0 Å². The summed E-state index contributed by atoms with van der Waals surface area (Å²) in [6.45, 7) is 3.94. The Bertz CT molecular complexity index is 565. The zero-order valence-corrected chi connectivity index (χ0v) is 9.86. The number of anilines is 2. The summed E-state index contributed by atoms with van der Waals surface area (Å²) in [6.07, 6.45) is 0. The monoisotopic (exact) mass is 223 g/mol. The summed E-state index contributed by atoms with van der Waals surface area (Å²) >= 11 is 0. The van der Waals surface area contributed by atoms with Crippen LogP contribution in [0.1, 0.15) is 17.0 Å². The van der Waals surface area contributed by atoms with Gasteiger partial charge in [-0.05, 0) is 50.2 Å². The van der Waals surface area contributed by atoms with Gasteiger partial charge in [-0.1, -0.05) is 0 Å². The Morgan fingerprint density at radius 2 is 1.76 bits per heavy atom. The maximum atomic E-state index is 8.71. The van der Waals surface area contributed by atoms with Crippen molar-refractivity contribution in [3.63, 3.8) is 0 Å². The smallest absolute Gasteiger partial charge is 0.0991 e. The Kier molecular flexibility index (Phi) is 3.06. The summed E-state index contributed by atoms with van der Waals surface area (Å²) in [4.78, 5) is 4.39. The SMILES string of the molecule is Cc1ccc(Nc2ccc(C#N)cc2)c(C)n1. The molecule has 0 spiro atoms. The average Bonchev–Trinajstić information content (AvgIpc) is 2.34. The Morgan fingerprint density at radius 3 is 2.35 bits per heavy atom. The number of pyridine rings is 1. The second kappa shape index (κ2) is 4.67. The van der Waals surface area contributed by atoms with Crippen LogP contribution in [-0.4, -0.2) is 4.98 Å². The van der Waals surface area contributed by atoms with E-state index in [1.54, 1.807) is 12.1 Å². The number of rotatable bonds is 2. The summed E-state index contributed by atoms with van der Waals surface area (Å²) < 4.78 is 0. The zero-order chi connectivity index (χ0) is 12.3. The Morgan fingerprint density at radius 1 is 1.06 bits per heavy atom. The van der Waals surface area contributed by atoms with Crippen molar-refractivity contribution in [2.45, 2.75) is 13.8 Å². The van der Waals surface area contributed by atoms with Crippen molar-refractivity contribution >= 4 is 11.4 Å². The fourth-order valence-corrected chi connectivity index (χ4v) is 1.60. The molecule has 1 aromatic carbocycles. The van der Waals surface area contributed by atoms with Gasteiger partial charge >= 0.3 is 0 Å². The van der Waals surface area contributed by atoms with Gasteiger partial charge in [0.1, 0.15) is 0 Å². The first-order chi connectivity index (χ1) is 8.19.